The molecule has 0 spiro atoms. The predicted molar refractivity (Wildman–Crippen MR) is 296 cm³/mol. The van der Waals surface area contributed by atoms with Crippen LogP contribution in [0, 0.1) is 0 Å². The molecule has 0 atom stereocenters. The van der Waals surface area contributed by atoms with Gasteiger partial charge in [0, 0.05) is 38.5 Å². The molecule has 0 aliphatic carbocycles. The van der Waals surface area contributed by atoms with Crippen LogP contribution in [0.15, 0.2) is 0 Å². The van der Waals surface area contributed by atoms with E-state index in [-0.39, 0.29) is 49.9 Å². The Morgan fingerprint density at radius 1 is 0.239 bits per heavy atom. The Hall–Kier alpha value is -2.16. The second-order valence-electron chi connectivity index (χ2n) is 21.2. The van der Waals surface area contributed by atoms with E-state index in [4.69, 9.17) is 23.7 Å². The Morgan fingerprint density at radius 2 is 0.394 bits per heavy atom. The molecule has 0 aromatic rings. The molecule has 9 nitrogen and oxygen atoms in total. The first kappa shape index (κ1) is 68.8. The molecule has 9 heteroatoms. The molecule has 0 aliphatic rings. The summed E-state index contributed by atoms with van der Waals surface area (Å²) in [6.07, 6.45) is 52.2. The van der Waals surface area contributed by atoms with Gasteiger partial charge in [0.15, 0.2) is 0 Å². The number of hydrogen-bond donors (Lipinski definition) is 0. The summed E-state index contributed by atoms with van der Waals surface area (Å²) in [5.41, 5.74) is 0. The molecule has 0 bridgehead atoms. The fourth-order valence-electron chi connectivity index (χ4n) is 9.30. The monoisotopic (exact) mass is 1010 g/mol. The van der Waals surface area contributed by atoms with E-state index in [1.807, 2.05) is 0 Å². The molecule has 71 heavy (non-hydrogen) atoms. The predicted octanol–water partition coefficient (Wildman–Crippen LogP) is 19.4. The van der Waals surface area contributed by atoms with Gasteiger partial charge in [-0.2, -0.15) is 0 Å². The summed E-state index contributed by atoms with van der Waals surface area (Å²) in [7, 11) is 0. The molecule has 0 saturated carbocycles. The molecule has 0 rings (SSSR count). The standard InChI is InChI=1S/C62H118O9/c1-5-9-13-17-21-25-29-33-37-41-45-49-57(63)68-61(69-58(64)50-46-42-38-34-30-26-22-18-14-10-6-2)53-55-67-56-54-62(70-59(65)51-47-43-39-35-31-27-23-19-15-11-7-3)71-60(66)52-48-44-40-36-32-28-24-20-16-12-8-4/h61-62H,5-56H2,1-4H3. The zero-order chi connectivity index (χ0) is 51.8. The van der Waals surface area contributed by atoms with Crippen LogP contribution in [0.25, 0.3) is 0 Å². The fraction of sp³-hybridized carbons (Fsp3) is 0.935. The highest BCUT2D eigenvalue weighted by atomic mass is 16.7. The zero-order valence-electron chi connectivity index (χ0n) is 47.6. The highest BCUT2D eigenvalue weighted by Crippen LogP contribution is 2.18. The van der Waals surface area contributed by atoms with Gasteiger partial charge in [-0.05, 0) is 25.7 Å². The quantitative estimate of drug-likeness (QED) is 0.0334. The van der Waals surface area contributed by atoms with Gasteiger partial charge in [0.05, 0.1) is 13.2 Å². The molecular formula is C62H118O9. The Kier molecular flexibility index (Phi) is 55.4. The van der Waals surface area contributed by atoms with Gasteiger partial charge >= 0.3 is 23.9 Å². The van der Waals surface area contributed by atoms with Crippen molar-refractivity contribution in [2.45, 2.75) is 361 Å². The van der Waals surface area contributed by atoms with Gasteiger partial charge in [0.25, 0.3) is 0 Å². The number of esters is 4. The number of hydrogen-bond acceptors (Lipinski definition) is 9. The highest BCUT2D eigenvalue weighted by molar-refractivity contribution is 5.72. The normalized spacial score (nSPS) is 11.5. The topological polar surface area (TPSA) is 114 Å². The largest absolute Gasteiger partial charge is 0.425 e. The second kappa shape index (κ2) is 57.1. The van der Waals surface area contributed by atoms with Gasteiger partial charge < -0.3 is 23.7 Å². The van der Waals surface area contributed by atoms with Gasteiger partial charge in [-0.1, -0.05) is 285 Å². The smallest absolute Gasteiger partial charge is 0.308 e. The van der Waals surface area contributed by atoms with Crippen LogP contribution >= 0.6 is 0 Å². The van der Waals surface area contributed by atoms with Crippen molar-refractivity contribution >= 4 is 23.9 Å². The molecule has 0 aromatic carbocycles. The van der Waals surface area contributed by atoms with Crippen molar-refractivity contribution in [1.82, 2.24) is 0 Å². The molecular weight excluding hydrogens is 889 g/mol. The number of unbranched alkanes of at least 4 members (excludes halogenated alkanes) is 40. The first-order valence-electron chi connectivity index (χ1n) is 31.2. The van der Waals surface area contributed by atoms with E-state index >= 15 is 0 Å². The lowest BCUT2D eigenvalue weighted by Gasteiger charge is -2.20. The van der Waals surface area contributed by atoms with Crippen LogP contribution in [-0.4, -0.2) is 49.7 Å². The molecule has 0 amide bonds. The van der Waals surface area contributed by atoms with Crippen LogP contribution in [0.5, 0.6) is 0 Å². The minimum absolute atomic E-state index is 0.161. The average molecular weight is 1010 g/mol. The van der Waals surface area contributed by atoms with Crippen molar-refractivity contribution in [3.05, 3.63) is 0 Å². The van der Waals surface area contributed by atoms with Crippen molar-refractivity contribution in [2.75, 3.05) is 13.2 Å². The lowest BCUT2D eigenvalue weighted by Crippen LogP contribution is -2.27. The van der Waals surface area contributed by atoms with Gasteiger partial charge in [-0.15, -0.1) is 0 Å². The number of ether oxygens (including phenoxy) is 5. The molecule has 0 heterocycles. The maximum absolute atomic E-state index is 13.0. The molecule has 0 aliphatic heterocycles. The summed E-state index contributed by atoms with van der Waals surface area (Å²) in [4.78, 5) is 51.9. The second-order valence-corrected chi connectivity index (χ2v) is 21.2. The van der Waals surface area contributed by atoms with E-state index < -0.39 is 12.6 Å². The van der Waals surface area contributed by atoms with Crippen molar-refractivity contribution < 1.29 is 42.9 Å². The SMILES string of the molecule is CCCCCCCCCCCCCC(=O)OC(CCOCCC(OC(=O)CCCCCCCCCCCCC)OC(=O)CCCCCCCCCCCCC)OC(=O)CCCCCCCCCCCCC. The van der Waals surface area contributed by atoms with Gasteiger partial charge in [0.1, 0.15) is 0 Å². The molecule has 420 valence electrons. The lowest BCUT2D eigenvalue weighted by molar-refractivity contribution is -0.192. The van der Waals surface area contributed by atoms with E-state index in [0.29, 0.717) is 25.7 Å². The molecule has 0 aromatic heterocycles. The Labute approximate surface area is 439 Å². The maximum atomic E-state index is 13.0. The number of carbonyl (C=O) groups excluding carboxylic acids is 4. The summed E-state index contributed by atoms with van der Waals surface area (Å²) >= 11 is 0. The lowest BCUT2D eigenvalue weighted by atomic mass is 10.1. The van der Waals surface area contributed by atoms with Crippen LogP contribution in [0.4, 0.5) is 0 Å². The van der Waals surface area contributed by atoms with Crippen molar-refractivity contribution in [1.29, 1.82) is 0 Å². The summed E-state index contributed by atoms with van der Waals surface area (Å²) in [5, 5.41) is 0. The molecule has 0 radical (unpaired) electrons. The van der Waals surface area contributed by atoms with E-state index in [1.54, 1.807) is 0 Å². The van der Waals surface area contributed by atoms with E-state index in [2.05, 4.69) is 27.7 Å². The van der Waals surface area contributed by atoms with Crippen molar-refractivity contribution in [2.24, 2.45) is 0 Å². The van der Waals surface area contributed by atoms with Crippen molar-refractivity contribution in [3.63, 3.8) is 0 Å². The van der Waals surface area contributed by atoms with E-state index in [9.17, 15) is 19.2 Å². The summed E-state index contributed by atoms with van der Waals surface area (Å²) in [5.74, 6) is -1.43. The van der Waals surface area contributed by atoms with Crippen LogP contribution in [-0.2, 0) is 42.9 Å². The molecule has 0 N–H and O–H groups in total. The minimum Gasteiger partial charge on any atom is -0.425 e. The summed E-state index contributed by atoms with van der Waals surface area (Å²) < 4.78 is 28.9. The Balaban J connectivity index is 5.06. The first-order chi connectivity index (χ1) is 34.9. The molecule has 0 fully saturated rings. The zero-order valence-corrected chi connectivity index (χ0v) is 47.6. The Morgan fingerprint density at radius 3 is 0.563 bits per heavy atom. The van der Waals surface area contributed by atoms with Crippen molar-refractivity contribution in [3.8, 4) is 0 Å². The molecule has 0 unspecified atom stereocenters. The summed E-state index contributed by atoms with van der Waals surface area (Å²) in [6.45, 7) is 9.32. The third kappa shape index (κ3) is 53.9. The third-order valence-electron chi connectivity index (χ3n) is 14.0. The van der Waals surface area contributed by atoms with Crippen LogP contribution in [0.2, 0.25) is 0 Å². The maximum Gasteiger partial charge on any atom is 0.308 e. The van der Waals surface area contributed by atoms with Gasteiger partial charge in [-0.25, -0.2) is 0 Å². The third-order valence-corrected chi connectivity index (χ3v) is 14.0. The fourth-order valence-corrected chi connectivity index (χ4v) is 9.30. The molecule has 0 saturated heterocycles. The van der Waals surface area contributed by atoms with Crippen LogP contribution < -0.4 is 0 Å². The van der Waals surface area contributed by atoms with Crippen LogP contribution in [0.1, 0.15) is 349 Å². The number of carbonyl (C=O) groups is 4. The first-order valence-corrected chi connectivity index (χ1v) is 31.2. The highest BCUT2D eigenvalue weighted by Gasteiger charge is 2.22. The minimum atomic E-state index is -1.03. The van der Waals surface area contributed by atoms with Crippen LogP contribution in [0.3, 0.4) is 0 Å². The average Bonchev–Trinajstić information content (AvgIpc) is 3.35. The van der Waals surface area contributed by atoms with E-state index in [1.165, 1.54) is 205 Å². The Bertz CT molecular complexity index is 978. The van der Waals surface area contributed by atoms with Gasteiger partial charge in [-0.3, -0.25) is 19.2 Å². The number of rotatable bonds is 58. The van der Waals surface area contributed by atoms with E-state index in [0.717, 1.165) is 77.0 Å². The summed E-state index contributed by atoms with van der Waals surface area (Å²) in [6, 6.07) is 0. The van der Waals surface area contributed by atoms with Gasteiger partial charge in [0.2, 0.25) is 12.6 Å².